The Morgan fingerprint density at radius 2 is 2.00 bits per heavy atom. The SMILES string of the molecule is CNC(=O)C1Sc2nc(NC3CC3)nc(-c3ccc(Cl)cc3)c2C1N. The van der Waals surface area contributed by atoms with Gasteiger partial charge >= 0.3 is 0 Å². The minimum Gasteiger partial charge on any atom is -0.358 e. The van der Waals surface area contributed by atoms with Crippen molar-refractivity contribution in [2.24, 2.45) is 5.73 Å². The van der Waals surface area contributed by atoms with Crippen molar-refractivity contribution in [1.82, 2.24) is 15.3 Å². The molecule has 4 rings (SSSR count). The number of benzene rings is 1. The van der Waals surface area contributed by atoms with Gasteiger partial charge < -0.3 is 16.4 Å². The summed E-state index contributed by atoms with van der Waals surface area (Å²) < 4.78 is 0. The minimum absolute atomic E-state index is 0.103. The summed E-state index contributed by atoms with van der Waals surface area (Å²) in [6, 6.07) is 7.45. The van der Waals surface area contributed by atoms with Gasteiger partial charge in [0.15, 0.2) is 0 Å². The van der Waals surface area contributed by atoms with E-state index >= 15 is 0 Å². The maximum Gasteiger partial charge on any atom is 0.235 e. The average Bonchev–Trinajstić information content (AvgIpc) is 3.36. The van der Waals surface area contributed by atoms with Gasteiger partial charge in [-0.3, -0.25) is 4.79 Å². The molecule has 8 heteroatoms. The van der Waals surface area contributed by atoms with Crippen LogP contribution in [0.2, 0.25) is 5.02 Å². The van der Waals surface area contributed by atoms with E-state index in [2.05, 4.69) is 15.6 Å². The lowest BCUT2D eigenvalue weighted by atomic mass is 9.99. The number of nitrogens with two attached hydrogens (primary N) is 1. The first kappa shape index (κ1) is 16.6. The molecule has 1 aliphatic carbocycles. The van der Waals surface area contributed by atoms with E-state index in [1.807, 2.05) is 24.3 Å². The molecule has 1 aromatic heterocycles. The second kappa shape index (κ2) is 6.48. The van der Waals surface area contributed by atoms with Crippen molar-refractivity contribution in [2.75, 3.05) is 12.4 Å². The largest absolute Gasteiger partial charge is 0.358 e. The first-order valence-electron chi connectivity index (χ1n) is 8.15. The molecule has 2 aromatic rings. The minimum atomic E-state index is -0.458. The van der Waals surface area contributed by atoms with E-state index in [1.165, 1.54) is 11.8 Å². The van der Waals surface area contributed by atoms with E-state index in [1.54, 1.807) is 7.05 Å². The Morgan fingerprint density at radius 3 is 2.64 bits per heavy atom. The average molecular weight is 376 g/mol. The third-order valence-corrected chi connectivity index (χ3v) is 5.89. The summed E-state index contributed by atoms with van der Waals surface area (Å²) in [4.78, 5) is 21.5. The molecule has 1 aliphatic heterocycles. The first-order valence-corrected chi connectivity index (χ1v) is 9.41. The number of aromatic nitrogens is 2. The lowest BCUT2D eigenvalue weighted by Crippen LogP contribution is -2.35. The number of halogens is 1. The fraction of sp³-hybridized carbons (Fsp3) is 0.353. The molecule has 6 nitrogen and oxygen atoms in total. The van der Waals surface area contributed by atoms with Gasteiger partial charge in [-0.2, -0.15) is 0 Å². The Morgan fingerprint density at radius 1 is 1.28 bits per heavy atom. The van der Waals surface area contributed by atoms with Crippen molar-refractivity contribution in [1.29, 1.82) is 0 Å². The molecular formula is C17H18ClN5OS. The molecule has 4 N–H and O–H groups in total. The molecule has 130 valence electrons. The maximum atomic E-state index is 12.2. The number of hydrogen-bond acceptors (Lipinski definition) is 6. The normalized spacial score (nSPS) is 21.7. The van der Waals surface area contributed by atoms with Crippen molar-refractivity contribution in [2.45, 2.75) is 35.2 Å². The molecule has 0 radical (unpaired) electrons. The Kier molecular flexibility index (Phi) is 4.31. The van der Waals surface area contributed by atoms with Gasteiger partial charge in [-0.05, 0) is 25.0 Å². The molecule has 0 spiro atoms. The second-order valence-corrected chi connectivity index (χ2v) is 7.79. The van der Waals surface area contributed by atoms with Gasteiger partial charge in [0.2, 0.25) is 11.9 Å². The summed E-state index contributed by atoms with van der Waals surface area (Å²) in [5.41, 5.74) is 8.89. The van der Waals surface area contributed by atoms with Crippen LogP contribution in [0.5, 0.6) is 0 Å². The molecule has 2 unspecified atom stereocenters. The van der Waals surface area contributed by atoms with Crippen LogP contribution in [0.1, 0.15) is 24.4 Å². The van der Waals surface area contributed by atoms with Crippen LogP contribution in [-0.4, -0.2) is 34.2 Å². The molecular weight excluding hydrogens is 358 g/mol. The number of carbonyl (C=O) groups is 1. The maximum absolute atomic E-state index is 12.2. The quantitative estimate of drug-likeness (QED) is 0.711. The zero-order valence-electron chi connectivity index (χ0n) is 13.6. The smallest absolute Gasteiger partial charge is 0.235 e. The number of carbonyl (C=O) groups excluding carboxylic acids is 1. The number of anilines is 1. The number of hydrogen-bond donors (Lipinski definition) is 3. The van der Waals surface area contributed by atoms with E-state index in [0.717, 1.165) is 34.7 Å². The van der Waals surface area contributed by atoms with Gasteiger partial charge in [0, 0.05) is 29.2 Å². The highest BCUT2D eigenvalue weighted by molar-refractivity contribution is 8.01. The molecule has 1 saturated carbocycles. The number of thioether (sulfide) groups is 1. The zero-order valence-corrected chi connectivity index (χ0v) is 15.2. The van der Waals surface area contributed by atoms with Crippen LogP contribution in [0, 0.1) is 0 Å². The number of nitrogens with one attached hydrogen (secondary N) is 2. The number of nitrogens with zero attached hydrogens (tertiary/aromatic N) is 2. The molecule has 2 aliphatic rings. The summed E-state index contributed by atoms with van der Waals surface area (Å²) in [5.74, 6) is 0.484. The number of amides is 1. The highest BCUT2D eigenvalue weighted by Crippen LogP contribution is 2.46. The van der Waals surface area contributed by atoms with Crippen molar-refractivity contribution < 1.29 is 4.79 Å². The van der Waals surface area contributed by atoms with E-state index in [9.17, 15) is 4.79 Å². The predicted octanol–water partition coefficient (Wildman–Crippen LogP) is 2.59. The first-order chi connectivity index (χ1) is 12.1. The van der Waals surface area contributed by atoms with Crippen LogP contribution in [0.3, 0.4) is 0 Å². The Hall–Kier alpha value is -1.83. The van der Waals surface area contributed by atoms with Crippen LogP contribution in [0.25, 0.3) is 11.3 Å². The van der Waals surface area contributed by atoms with Gasteiger partial charge in [-0.15, -0.1) is 0 Å². The summed E-state index contributed by atoms with van der Waals surface area (Å²) in [6.45, 7) is 0. The van der Waals surface area contributed by atoms with Crippen molar-refractivity contribution in [3.63, 3.8) is 0 Å². The Labute approximate surface area is 154 Å². The van der Waals surface area contributed by atoms with Crippen molar-refractivity contribution in [3.05, 3.63) is 34.9 Å². The monoisotopic (exact) mass is 375 g/mol. The van der Waals surface area contributed by atoms with Crippen LogP contribution in [0.15, 0.2) is 29.3 Å². The topological polar surface area (TPSA) is 92.9 Å². The lowest BCUT2D eigenvalue weighted by molar-refractivity contribution is -0.120. The van der Waals surface area contributed by atoms with Crippen LogP contribution >= 0.6 is 23.4 Å². The highest BCUT2D eigenvalue weighted by atomic mass is 35.5. The fourth-order valence-electron chi connectivity index (χ4n) is 2.85. The van der Waals surface area contributed by atoms with Gasteiger partial charge in [-0.25, -0.2) is 9.97 Å². The summed E-state index contributed by atoms with van der Waals surface area (Å²) >= 11 is 7.41. The fourth-order valence-corrected chi connectivity index (χ4v) is 4.22. The Bertz CT molecular complexity index is 825. The Balaban J connectivity index is 1.80. The van der Waals surface area contributed by atoms with Crippen LogP contribution < -0.4 is 16.4 Å². The predicted molar refractivity (Wildman–Crippen MR) is 99.8 cm³/mol. The van der Waals surface area contributed by atoms with E-state index in [0.29, 0.717) is 17.0 Å². The van der Waals surface area contributed by atoms with E-state index in [4.69, 9.17) is 22.3 Å². The lowest BCUT2D eigenvalue weighted by Gasteiger charge is -2.15. The molecule has 0 saturated heterocycles. The standard InChI is InChI=1S/C17H18ClN5OS/c1-20-15(24)14-12(19)11-13(8-2-4-9(18)5-3-8)22-17(21-10-6-7-10)23-16(11)25-14/h2-5,10,12,14H,6-7,19H2,1H3,(H,20,24)(H,21,22,23). The second-order valence-electron chi connectivity index (χ2n) is 6.22. The molecule has 2 heterocycles. The zero-order chi connectivity index (χ0) is 17.6. The molecule has 0 bridgehead atoms. The number of fused-ring (bicyclic) bond motifs is 1. The van der Waals surface area contributed by atoms with Crippen LogP contribution in [-0.2, 0) is 4.79 Å². The van der Waals surface area contributed by atoms with Crippen molar-refractivity contribution >= 4 is 35.2 Å². The molecule has 2 atom stereocenters. The number of rotatable bonds is 4. The van der Waals surface area contributed by atoms with Gasteiger partial charge in [0.25, 0.3) is 0 Å². The summed E-state index contributed by atoms with van der Waals surface area (Å²) in [5, 5.41) is 7.03. The molecule has 1 amide bonds. The third kappa shape index (κ3) is 3.19. The van der Waals surface area contributed by atoms with Gasteiger partial charge in [0.1, 0.15) is 10.3 Å². The third-order valence-electron chi connectivity index (χ3n) is 4.34. The summed E-state index contributed by atoms with van der Waals surface area (Å²) in [6.07, 6.45) is 2.26. The molecule has 25 heavy (non-hydrogen) atoms. The van der Waals surface area contributed by atoms with E-state index < -0.39 is 11.3 Å². The van der Waals surface area contributed by atoms with Gasteiger partial charge in [0.05, 0.1) is 11.7 Å². The molecule has 1 fully saturated rings. The molecule has 1 aromatic carbocycles. The van der Waals surface area contributed by atoms with Crippen molar-refractivity contribution in [3.8, 4) is 11.3 Å². The highest BCUT2D eigenvalue weighted by Gasteiger charge is 2.39. The van der Waals surface area contributed by atoms with Crippen LogP contribution in [0.4, 0.5) is 5.95 Å². The van der Waals surface area contributed by atoms with Gasteiger partial charge in [-0.1, -0.05) is 35.5 Å². The summed E-state index contributed by atoms with van der Waals surface area (Å²) in [7, 11) is 1.62. The van der Waals surface area contributed by atoms with E-state index in [-0.39, 0.29) is 5.91 Å².